The standard InChI is InChI=1S/C23H22ClN3O/c24-18-8-9-19-20(16-18)27-12-4-7-21(27)23(25-19)10-13-26(14-11-23)22(28)15-17-5-2-1-3-6-17/h1-9,12,16,25H,10-11,13-15H2. The summed E-state index contributed by atoms with van der Waals surface area (Å²) in [5, 5.41) is 4.51. The Hall–Kier alpha value is -2.72. The van der Waals surface area contributed by atoms with Crippen LogP contribution in [0.2, 0.25) is 5.02 Å². The molecule has 3 aromatic rings. The van der Waals surface area contributed by atoms with Gasteiger partial charge in [0.05, 0.1) is 23.3 Å². The number of carbonyl (C=O) groups is 1. The Morgan fingerprint density at radius 2 is 1.82 bits per heavy atom. The Morgan fingerprint density at radius 1 is 1.04 bits per heavy atom. The van der Waals surface area contributed by atoms with E-state index >= 15 is 0 Å². The molecule has 142 valence electrons. The van der Waals surface area contributed by atoms with Crippen molar-refractivity contribution in [3.8, 4) is 5.69 Å². The van der Waals surface area contributed by atoms with E-state index in [0.29, 0.717) is 6.42 Å². The molecular formula is C23H22ClN3O. The van der Waals surface area contributed by atoms with Gasteiger partial charge in [0, 0.05) is 30.0 Å². The van der Waals surface area contributed by atoms with Crippen molar-refractivity contribution >= 4 is 23.2 Å². The largest absolute Gasteiger partial charge is 0.372 e. The number of likely N-dealkylation sites (tertiary alicyclic amines) is 1. The Bertz CT molecular complexity index is 1020. The molecule has 1 spiro atoms. The zero-order valence-electron chi connectivity index (χ0n) is 15.6. The lowest BCUT2D eigenvalue weighted by Crippen LogP contribution is -2.51. The van der Waals surface area contributed by atoms with Crippen LogP contribution in [0, 0.1) is 0 Å². The molecule has 0 aliphatic carbocycles. The maximum Gasteiger partial charge on any atom is 0.226 e. The summed E-state index contributed by atoms with van der Waals surface area (Å²) in [5.74, 6) is 0.208. The molecule has 28 heavy (non-hydrogen) atoms. The van der Waals surface area contributed by atoms with Gasteiger partial charge in [-0.2, -0.15) is 0 Å². The molecule has 2 aliphatic heterocycles. The zero-order valence-corrected chi connectivity index (χ0v) is 16.3. The molecule has 0 radical (unpaired) electrons. The maximum absolute atomic E-state index is 12.8. The Morgan fingerprint density at radius 3 is 2.61 bits per heavy atom. The average molecular weight is 392 g/mol. The molecule has 4 nitrogen and oxygen atoms in total. The van der Waals surface area contributed by atoms with E-state index in [4.69, 9.17) is 11.6 Å². The quantitative estimate of drug-likeness (QED) is 0.692. The number of nitrogens with zero attached hydrogens (tertiary/aromatic N) is 2. The first kappa shape index (κ1) is 17.4. The molecule has 2 aliphatic rings. The number of halogens is 1. The van der Waals surface area contributed by atoms with E-state index in [2.05, 4.69) is 34.3 Å². The molecule has 1 N–H and O–H groups in total. The number of piperidine rings is 1. The minimum atomic E-state index is -0.145. The first-order valence-corrected chi connectivity index (χ1v) is 10.1. The minimum Gasteiger partial charge on any atom is -0.372 e. The molecular weight excluding hydrogens is 370 g/mol. The summed E-state index contributed by atoms with van der Waals surface area (Å²) >= 11 is 6.22. The third-order valence-electron chi connectivity index (χ3n) is 6.00. The summed E-state index contributed by atoms with van der Waals surface area (Å²) in [5.41, 5.74) is 4.35. The van der Waals surface area contributed by atoms with Crippen molar-refractivity contribution in [1.82, 2.24) is 9.47 Å². The number of hydrogen-bond acceptors (Lipinski definition) is 2. The smallest absolute Gasteiger partial charge is 0.226 e. The molecule has 3 heterocycles. The topological polar surface area (TPSA) is 37.3 Å². The third-order valence-corrected chi connectivity index (χ3v) is 6.24. The summed E-state index contributed by atoms with van der Waals surface area (Å²) in [6, 6.07) is 20.2. The summed E-state index contributed by atoms with van der Waals surface area (Å²) in [4.78, 5) is 14.8. The Labute approximate surface area is 169 Å². The van der Waals surface area contributed by atoms with Crippen molar-refractivity contribution in [2.45, 2.75) is 24.8 Å². The average Bonchev–Trinajstić information content (AvgIpc) is 3.21. The zero-order chi connectivity index (χ0) is 19.1. The lowest BCUT2D eigenvalue weighted by Gasteiger charge is -2.46. The fraction of sp³-hybridized carbons (Fsp3) is 0.261. The summed E-state index contributed by atoms with van der Waals surface area (Å²) in [7, 11) is 0. The van der Waals surface area contributed by atoms with Gasteiger partial charge in [0.2, 0.25) is 5.91 Å². The van der Waals surface area contributed by atoms with Crippen LogP contribution in [0.3, 0.4) is 0 Å². The molecule has 0 bridgehead atoms. The Kier molecular flexibility index (Phi) is 4.17. The predicted molar refractivity (Wildman–Crippen MR) is 112 cm³/mol. The van der Waals surface area contributed by atoms with Gasteiger partial charge in [-0.05, 0) is 48.7 Å². The van der Waals surface area contributed by atoms with Gasteiger partial charge in [-0.25, -0.2) is 0 Å². The van der Waals surface area contributed by atoms with Crippen molar-refractivity contribution in [3.05, 3.63) is 83.1 Å². The molecule has 0 saturated carbocycles. The fourth-order valence-electron chi connectivity index (χ4n) is 4.51. The van der Waals surface area contributed by atoms with Gasteiger partial charge in [-0.15, -0.1) is 0 Å². The van der Waals surface area contributed by atoms with Crippen LogP contribution in [0.1, 0.15) is 24.1 Å². The number of aromatic nitrogens is 1. The number of anilines is 1. The van der Waals surface area contributed by atoms with E-state index in [1.807, 2.05) is 47.4 Å². The molecule has 5 heteroatoms. The fourth-order valence-corrected chi connectivity index (χ4v) is 4.68. The first-order valence-electron chi connectivity index (χ1n) is 9.72. The lowest BCUT2D eigenvalue weighted by molar-refractivity contribution is -0.132. The second-order valence-corrected chi connectivity index (χ2v) is 8.11. The predicted octanol–water partition coefficient (Wildman–Crippen LogP) is 4.62. The van der Waals surface area contributed by atoms with Gasteiger partial charge >= 0.3 is 0 Å². The van der Waals surface area contributed by atoms with E-state index in [1.165, 1.54) is 5.69 Å². The van der Waals surface area contributed by atoms with Gasteiger partial charge in [-0.1, -0.05) is 41.9 Å². The Balaban J connectivity index is 1.36. The van der Waals surface area contributed by atoms with E-state index in [9.17, 15) is 4.79 Å². The van der Waals surface area contributed by atoms with Crippen molar-refractivity contribution in [2.75, 3.05) is 18.4 Å². The molecule has 0 atom stereocenters. The third kappa shape index (κ3) is 2.89. The lowest BCUT2D eigenvalue weighted by atomic mass is 9.82. The van der Waals surface area contributed by atoms with Crippen LogP contribution in [0.5, 0.6) is 0 Å². The normalized spacial score (nSPS) is 17.0. The van der Waals surface area contributed by atoms with Crippen LogP contribution in [-0.2, 0) is 16.8 Å². The second kappa shape index (κ2) is 6.71. The van der Waals surface area contributed by atoms with E-state index < -0.39 is 0 Å². The second-order valence-electron chi connectivity index (χ2n) is 7.68. The molecule has 2 aromatic carbocycles. The summed E-state index contributed by atoms with van der Waals surface area (Å²) in [6.45, 7) is 1.51. The van der Waals surface area contributed by atoms with Crippen molar-refractivity contribution in [1.29, 1.82) is 0 Å². The van der Waals surface area contributed by atoms with Crippen LogP contribution in [-0.4, -0.2) is 28.5 Å². The van der Waals surface area contributed by atoms with Crippen LogP contribution in [0.25, 0.3) is 5.69 Å². The summed E-state index contributed by atoms with van der Waals surface area (Å²) < 4.78 is 2.24. The van der Waals surface area contributed by atoms with Crippen molar-refractivity contribution in [2.24, 2.45) is 0 Å². The van der Waals surface area contributed by atoms with E-state index in [0.717, 1.165) is 47.9 Å². The van der Waals surface area contributed by atoms with Gasteiger partial charge in [0.15, 0.2) is 0 Å². The number of fused-ring (bicyclic) bond motifs is 4. The van der Waals surface area contributed by atoms with Gasteiger partial charge in [-0.3, -0.25) is 4.79 Å². The number of nitrogens with one attached hydrogen (secondary N) is 1. The molecule has 5 rings (SSSR count). The molecule has 0 unspecified atom stereocenters. The SMILES string of the molecule is O=C(Cc1ccccc1)N1CCC2(CC1)Nc1ccc(Cl)cc1-n1cccc12. The number of benzene rings is 2. The number of hydrogen-bond donors (Lipinski definition) is 1. The maximum atomic E-state index is 12.8. The van der Waals surface area contributed by atoms with Crippen molar-refractivity contribution in [3.63, 3.8) is 0 Å². The van der Waals surface area contributed by atoms with Crippen LogP contribution >= 0.6 is 11.6 Å². The van der Waals surface area contributed by atoms with E-state index in [-0.39, 0.29) is 11.4 Å². The molecule has 1 fully saturated rings. The van der Waals surface area contributed by atoms with Gasteiger partial charge < -0.3 is 14.8 Å². The van der Waals surface area contributed by atoms with Gasteiger partial charge in [0.25, 0.3) is 0 Å². The summed E-state index contributed by atoms with van der Waals surface area (Å²) in [6.07, 6.45) is 4.35. The minimum absolute atomic E-state index is 0.145. The number of carbonyl (C=O) groups excluding carboxylic acids is 1. The van der Waals surface area contributed by atoms with E-state index in [1.54, 1.807) is 0 Å². The highest BCUT2D eigenvalue weighted by Gasteiger charge is 2.42. The van der Waals surface area contributed by atoms with Crippen LogP contribution < -0.4 is 5.32 Å². The molecule has 1 aromatic heterocycles. The van der Waals surface area contributed by atoms with Gasteiger partial charge in [0.1, 0.15) is 0 Å². The van der Waals surface area contributed by atoms with Crippen LogP contribution in [0.15, 0.2) is 66.9 Å². The molecule has 1 saturated heterocycles. The highest BCUT2D eigenvalue weighted by molar-refractivity contribution is 6.30. The monoisotopic (exact) mass is 391 g/mol. The first-order chi connectivity index (χ1) is 13.6. The number of amides is 1. The van der Waals surface area contributed by atoms with Crippen LogP contribution in [0.4, 0.5) is 5.69 Å². The highest BCUT2D eigenvalue weighted by atomic mass is 35.5. The van der Waals surface area contributed by atoms with Crippen molar-refractivity contribution < 1.29 is 4.79 Å². The highest BCUT2D eigenvalue weighted by Crippen LogP contribution is 2.44. The molecule has 1 amide bonds. The number of rotatable bonds is 2.